The molecule has 0 N–H and O–H groups in total. The van der Waals surface area contributed by atoms with Gasteiger partial charge in [-0.1, -0.05) is 102 Å². The highest BCUT2D eigenvalue weighted by Gasteiger charge is 2.55. The van der Waals surface area contributed by atoms with E-state index in [1.54, 1.807) is 91.0 Å². The zero-order chi connectivity index (χ0) is 31.1. The van der Waals surface area contributed by atoms with E-state index in [4.69, 9.17) is 4.52 Å². The lowest BCUT2D eigenvalue weighted by Crippen LogP contribution is -2.39. The normalized spacial score (nSPS) is 14.4. The van der Waals surface area contributed by atoms with Crippen molar-refractivity contribution in [2.24, 2.45) is 0 Å². The quantitative estimate of drug-likeness (QED) is 0.168. The molecule has 0 saturated carbocycles. The SMILES string of the molecule is Cc1ccc(S(=O)(=O)N2c3ccccc3-c3ccccc3N(S(=O)(=O)c3ccc(C)cc3)P2(=O)OCc2ccccc2)cc1. The number of para-hydroxylation sites is 2. The Bertz CT molecular complexity index is 1970. The molecule has 0 atom stereocenters. The van der Waals surface area contributed by atoms with Crippen LogP contribution in [-0.4, -0.2) is 16.8 Å². The van der Waals surface area contributed by atoms with E-state index in [0.717, 1.165) is 11.1 Å². The van der Waals surface area contributed by atoms with E-state index in [1.165, 1.54) is 36.4 Å². The lowest BCUT2D eigenvalue weighted by atomic mass is 10.0. The molecule has 1 aliphatic rings. The Morgan fingerprint density at radius 3 is 1.36 bits per heavy atom. The number of rotatable bonds is 7. The summed E-state index contributed by atoms with van der Waals surface area (Å²) in [7, 11) is -14.5. The van der Waals surface area contributed by atoms with Gasteiger partial charge in [0.05, 0.1) is 27.8 Å². The minimum atomic E-state index is -5.11. The topological polar surface area (TPSA) is 101 Å². The number of hydrogen-bond donors (Lipinski definition) is 0. The van der Waals surface area contributed by atoms with Crippen LogP contribution in [0.25, 0.3) is 11.1 Å². The van der Waals surface area contributed by atoms with E-state index < -0.39 is 27.7 Å². The third-order valence-corrected chi connectivity index (χ3v) is 14.7. The van der Waals surface area contributed by atoms with Gasteiger partial charge < -0.3 is 0 Å². The summed E-state index contributed by atoms with van der Waals surface area (Å²) in [5.74, 6) is 0. The second kappa shape index (κ2) is 11.4. The summed E-state index contributed by atoms with van der Waals surface area (Å²) in [6.45, 7) is 3.30. The second-order valence-electron chi connectivity index (χ2n) is 10.4. The molecule has 0 amide bonds. The molecule has 5 aromatic carbocycles. The molecule has 0 radical (unpaired) electrons. The highest BCUT2D eigenvalue weighted by molar-refractivity contribution is 8.06. The number of benzene rings is 5. The molecule has 0 unspecified atom stereocenters. The smallest absolute Gasteiger partial charge is 0.291 e. The van der Waals surface area contributed by atoms with Crippen LogP contribution in [-0.2, 0) is 35.7 Å². The Morgan fingerprint density at radius 1 is 0.545 bits per heavy atom. The fraction of sp³-hybridized carbons (Fsp3) is 0.0909. The van der Waals surface area contributed by atoms with Crippen molar-refractivity contribution in [3.8, 4) is 11.1 Å². The van der Waals surface area contributed by atoms with E-state index in [1.807, 2.05) is 13.8 Å². The number of nitrogens with zero attached hydrogens (tertiary/aromatic N) is 2. The highest BCUT2D eigenvalue weighted by atomic mass is 32.2. The Kier molecular flexibility index (Phi) is 7.71. The second-order valence-corrected chi connectivity index (χ2v) is 16.6. The molecule has 0 bridgehead atoms. The molecule has 8 nitrogen and oxygen atoms in total. The summed E-state index contributed by atoms with van der Waals surface area (Å²) in [5, 5.41) is 0. The summed E-state index contributed by atoms with van der Waals surface area (Å²) in [4.78, 5) is -0.333. The molecule has 44 heavy (non-hydrogen) atoms. The fourth-order valence-electron chi connectivity index (χ4n) is 5.07. The van der Waals surface area contributed by atoms with Gasteiger partial charge in [0.1, 0.15) is 0 Å². The molecule has 6 rings (SSSR count). The first kappa shape index (κ1) is 29.8. The number of aryl methyl sites for hydroxylation is 2. The van der Waals surface area contributed by atoms with E-state index in [9.17, 15) is 16.8 Å². The summed E-state index contributed by atoms with van der Waals surface area (Å²) in [5.41, 5.74) is 3.03. The first-order valence-electron chi connectivity index (χ1n) is 13.8. The van der Waals surface area contributed by atoms with Crippen LogP contribution in [0.15, 0.2) is 137 Å². The van der Waals surface area contributed by atoms with Crippen molar-refractivity contribution >= 4 is 39.1 Å². The fourth-order valence-corrected chi connectivity index (χ4v) is 12.4. The van der Waals surface area contributed by atoms with Crippen LogP contribution in [0, 0.1) is 13.8 Å². The molecular weight excluding hydrogens is 615 g/mol. The maximum Gasteiger partial charge on any atom is 0.425 e. The van der Waals surface area contributed by atoms with Crippen molar-refractivity contribution in [3.63, 3.8) is 0 Å². The molecule has 11 heteroatoms. The molecule has 0 aromatic heterocycles. The minimum Gasteiger partial charge on any atom is -0.291 e. The van der Waals surface area contributed by atoms with Gasteiger partial charge >= 0.3 is 7.67 Å². The highest BCUT2D eigenvalue weighted by Crippen LogP contribution is 2.66. The van der Waals surface area contributed by atoms with Crippen LogP contribution in [0.4, 0.5) is 11.4 Å². The van der Waals surface area contributed by atoms with Crippen molar-refractivity contribution in [3.05, 3.63) is 144 Å². The number of sulfonamides is 2. The first-order valence-corrected chi connectivity index (χ1v) is 18.2. The van der Waals surface area contributed by atoms with Crippen molar-refractivity contribution in [2.75, 3.05) is 8.15 Å². The van der Waals surface area contributed by atoms with E-state index in [-0.39, 0.29) is 27.8 Å². The van der Waals surface area contributed by atoms with Gasteiger partial charge in [-0.05, 0) is 55.8 Å². The summed E-state index contributed by atoms with van der Waals surface area (Å²) in [6, 6.07) is 33.9. The van der Waals surface area contributed by atoms with Crippen molar-refractivity contribution in [1.29, 1.82) is 0 Å². The van der Waals surface area contributed by atoms with Gasteiger partial charge in [0.15, 0.2) is 0 Å². The standard InChI is InChI=1S/C33H29N2O6PS2/c1-25-16-20-28(21-17-25)43(37,38)34-32-14-8-6-12-30(32)31-13-7-9-15-33(31)35(44(39,40)29-22-18-26(2)19-23-29)42(34,36)41-24-27-10-4-3-5-11-27/h3-23H,24H2,1-2H3. The van der Waals surface area contributed by atoms with Crippen LogP contribution >= 0.6 is 7.67 Å². The van der Waals surface area contributed by atoms with E-state index >= 15 is 4.57 Å². The molecular formula is C33H29N2O6PS2. The monoisotopic (exact) mass is 644 g/mol. The Morgan fingerprint density at radius 2 is 0.932 bits per heavy atom. The lowest BCUT2D eigenvalue weighted by Gasteiger charge is -2.37. The number of fused-ring (bicyclic) bond motifs is 3. The van der Waals surface area contributed by atoms with Crippen molar-refractivity contribution < 1.29 is 25.9 Å². The third kappa shape index (κ3) is 5.14. The number of anilines is 2. The Labute approximate surface area is 257 Å². The predicted octanol–water partition coefficient (Wildman–Crippen LogP) is 7.70. The van der Waals surface area contributed by atoms with Gasteiger partial charge in [-0.25, -0.2) is 21.4 Å². The molecule has 1 heterocycles. The minimum absolute atomic E-state index is 0.0264. The van der Waals surface area contributed by atoms with Crippen LogP contribution in [0.1, 0.15) is 16.7 Å². The van der Waals surface area contributed by atoms with Crippen LogP contribution < -0.4 is 8.15 Å². The van der Waals surface area contributed by atoms with Gasteiger partial charge in [-0.3, -0.25) is 4.52 Å². The number of hydrogen-bond acceptors (Lipinski definition) is 6. The summed E-state index contributed by atoms with van der Waals surface area (Å²) < 4.78 is 82.2. The van der Waals surface area contributed by atoms with E-state index in [0.29, 0.717) is 24.8 Å². The summed E-state index contributed by atoms with van der Waals surface area (Å²) >= 11 is 0. The predicted molar refractivity (Wildman–Crippen MR) is 172 cm³/mol. The van der Waals surface area contributed by atoms with E-state index in [2.05, 4.69) is 0 Å². The third-order valence-electron chi connectivity index (χ3n) is 7.30. The molecule has 224 valence electrons. The Hall–Kier alpha value is -4.21. The maximum absolute atomic E-state index is 15.9. The van der Waals surface area contributed by atoms with Gasteiger partial charge in [-0.15, -0.1) is 0 Å². The molecule has 1 aliphatic heterocycles. The lowest BCUT2D eigenvalue weighted by molar-refractivity contribution is 0.304. The maximum atomic E-state index is 15.9. The average Bonchev–Trinajstić information content (AvgIpc) is 3.11. The van der Waals surface area contributed by atoms with Gasteiger partial charge in [0, 0.05) is 11.1 Å². The van der Waals surface area contributed by atoms with Crippen molar-refractivity contribution in [2.45, 2.75) is 30.2 Å². The van der Waals surface area contributed by atoms with Crippen molar-refractivity contribution in [1.82, 2.24) is 0 Å². The molecule has 0 fully saturated rings. The molecule has 5 aromatic rings. The zero-order valence-electron chi connectivity index (χ0n) is 23.9. The van der Waals surface area contributed by atoms with Gasteiger partial charge in [0.25, 0.3) is 20.0 Å². The van der Waals surface area contributed by atoms with Gasteiger partial charge in [0.2, 0.25) is 0 Å². The molecule has 0 saturated heterocycles. The average molecular weight is 645 g/mol. The van der Waals surface area contributed by atoms with Crippen LogP contribution in [0.5, 0.6) is 0 Å². The first-order chi connectivity index (χ1) is 21.0. The van der Waals surface area contributed by atoms with Crippen LogP contribution in [0.3, 0.4) is 0 Å². The largest absolute Gasteiger partial charge is 0.425 e. The summed E-state index contributed by atoms with van der Waals surface area (Å²) in [6.07, 6.45) is 0. The Balaban J connectivity index is 1.71. The molecule has 0 spiro atoms. The molecule has 0 aliphatic carbocycles. The van der Waals surface area contributed by atoms with Crippen LogP contribution in [0.2, 0.25) is 0 Å². The van der Waals surface area contributed by atoms with Gasteiger partial charge in [-0.2, -0.15) is 8.15 Å². The zero-order valence-corrected chi connectivity index (χ0v) is 26.5.